The maximum absolute atomic E-state index is 10.6. The van der Waals surface area contributed by atoms with Gasteiger partial charge in [-0.1, -0.05) is 0 Å². The van der Waals surface area contributed by atoms with E-state index in [-0.39, 0.29) is 26.0 Å². The second-order valence-corrected chi connectivity index (χ2v) is 2.87. The first-order valence-corrected chi connectivity index (χ1v) is 4.35. The molecule has 10 heteroatoms. The SMILES string of the molecule is NCC(=O)[O-].O=C1O[C@H]([C@@H](O)CO)C(O)=C1[O-].[Zn+2]. The van der Waals surface area contributed by atoms with Gasteiger partial charge in [0.2, 0.25) is 0 Å². The van der Waals surface area contributed by atoms with Gasteiger partial charge in [-0.3, -0.25) is 0 Å². The maximum Gasteiger partial charge on any atom is 2.00 e. The summed E-state index contributed by atoms with van der Waals surface area (Å²) in [4.78, 5) is 19.6. The molecule has 0 aromatic heterocycles. The van der Waals surface area contributed by atoms with Crippen LogP contribution < -0.4 is 15.9 Å². The molecule has 0 radical (unpaired) electrons. The first-order valence-electron chi connectivity index (χ1n) is 4.35. The molecule has 2 atom stereocenters. The van der Waals surface area contributed by atoms with Crippen LogP contribution in [0.4, 0.5) is 0 Å². The van der Waals surface area contributed by atoms with Gasteiger partial charge >= 0.3 is 25.4 Å². The van der Waals surface area contributed by atoms with Crippen LogP contribution in [0.3, 0.4) is 0 Å². The molecule has 0 saturated heterocycles. The number of carboxylic acids is 1. The Morgan fingerprint density at radius 1 is 1.56 bits per heavy atom. The first kappa shape index (κ1) is 19.1. The Morgan fingerprint density at radius 2 is 2.00 bits per heavy atom. The number of ether oxygens (including phenoxy) is 1. The zero-order valence-electron chi connectivity index (χ0n) is 9.24. The summed E-state index contributed by atoms with van der Waals surface area (Å²) in [5.74, 6) is -4.47. The molecule has 0 saturated carbocycles. The molecule has 0 aromatic carbocycles. The second kappa shape index (κ2) is 8.81. The van der Waals surface area contributed by atoms with Crippen molar-refractivity contribution in [2.24, 2.45) is 5.73 Å². The Kier molecular flexibility index (Phi) is 9.37. The number of cyclic esters (lactones) is 1. The van der Waals surface area contributed by atoms with Gasteiger partial charge < -0.3 is 40.8 Å². The van der Waals surface area contributed by atoms with Crippen LogP contribution in [0.15, 0.2) is 11.5 Å². The number of hydrogen-bond donors (Lipinski definition) is 4. The van der Waals surface area contributed by atoms with Crippen LogP contribution in [0.2, 0.25) is 0 Å². The first-order chi connectivity index (χ1) is 7.84. The minimum atomic E-state index is -1.46. The van der Waals surface area contributed by atoms with E-state index >= 15 is 0 Å². The fraction of sp³-hybridized carbons (Fsp3) is 0.500. The van der Waals surface area contributed by atoms with Crippen LogP contribution in [-0.4, -0.2) is 52.6 Å². The van der Waals surface area contributed by atoms with Crippen molar-refractivity contribution >= 4 is 11.9 Å². The van der Waals surface area contributed by atoms with E-state index in [9.17, 15) is 9.90 Å². The minimum Gasteiger partial charge on any atom is -0.865 e. The van der Waals surface area contributed by atoms with Crippen LogP contribution in [0, 0.1) is 0 Å². The van der Waals surface area contributed by atoms with Gasteiger partial charge in [-0.2, -0.15) is 0 Å². The molecule has 1 rings (SSSR count). The van der Waals surface area contributed by atoms with Gasteiger partial charge in [-0.25, -0.2) is 4.79 Å². The number of aliphatic hydroxyl groups is 3. The van der Waals surface area contributed by atoms with E-state index in [0.717, 1.165) is 0 Å². The third-order valence-corrected chi connectivity index (χ3v) is 1.62. The monoisotopic (exact) mass is 313 g/mol. The molecule has 98 valence electrons. The number of esters is 1. The molecule has 5 N–H and O–H groups in total. The Balaban J connectivity index is 0. The molecule has 0 amide bonds. The maximum atomic E-state index is 10.6. The van der Waals surface area contributed by atoms with Gasteiger partial charge in [-0.05, 0) is 0 Å². The van der Waals surface area contributed by atoms with Crippen molar-refractivity contribution in [3.05, 3.63) is 11.5 Å². The Labute approximate surface area is 114 Å². The summed E-state index contributed by atoms with van der Waals surface area (Å²) in [6.45, 7) is -1.09. The Bertz CT molecular complexity index is 331. The molecule has 0 fully saturated rings. The van der Waals surface area contributed by atoms with E-state index in [0.29, 0.717) is 0 Å². The van der Waals surface area contributed by atoms with Crippen molar-refractivity contribution in [3.63, 3.8) is 0 Å². The molecule has 1 heterocycles. The second-order valence-electron chi connectivity index (χ2n) is 2.87. The van der Waals surface area contributed by atoms with Crippen molar-refractivity contribution in [1.82, 2.24) is 0 Å². The fourth-order valence-corrected chi connectivity index (χ4v) is 0.815. The average molecular weight is 315 g/mol. The standard InChI is InChI=1S/C6H8O6.C2H5NO2.Zn/c7-1-2(8)5-3(9)4(10)6(11)12-5;3-1-2(4)5;/h2,5,7-10H,1H2;1,3H2,(H,4,5);/q;;+2/p-2/t2-,5+;;/m0../s1. The number of carbonyl (C=O) groups excluding carboxylic acids is 2. The van der Waals surface area contributed by atoms with Crippen LogP contribution in [-0.2, 0) is 33.8 Å². The molecule has 18 heavy (non-hydrogen) atoms. The summed E-state index contributed by atoms with van der Waals surface area (Å²) in [7, 11) is 0. The van der Waals surface area contributed by atoms with Crippen molar-refractivity contribution in [1.29, 1.82) is 0 Å². The van der Waals surface area contributed by atoms with E-state index in [1.807, 2.05) is 0 Å². The van der Waals surface area contributed by atoms with E-state index in [1.165, 1.54) is 0 Å². The number of hydrogen-bond acceptors (Lipinski definition) is 9. The van der Waals surface area contributed by atoms with Crippen LogP contribution in [0.1, 0.15) is 0 Å². The van der Waals surface area contributed by atoms with E-state index in [2.05, 4.69) is 10.5 Å². The topological polar surface area (TPSA) is 176 Å². The number of rotatable bonds is 3. The van der Waals surface area contributed by atoms with E-state index in [4.69, 9.17) is 25.2 Å². The molecule has 0 spiro atoms. The summed E-state index contributed by atoms with van der Waals surface area (Å²) < 4.78 is 4.25. The van der Waals surface area contributed by atoms with Gasteiger partial charge in [-0.15, -0.1) is 0 Å². The quantitative estimate of drug-likeness (QED) is 0.293. The summed E-state index contributed by atoms with van der Waals surface area (Å²) in [5.41, 5.74) is 4.51. The van der Waals surface area contributed by atoms with Crippen molar-refractivity contribution in [2.45, 2.75) is 12.2 Å². The molecule has 0 aromatic rings. The van der Waals surface area contributed by atoms with Crippen molar-refractivity contribution in [2.75, 3.05) is 13.2 Å². The smallest absolute Gasteiger partial charge is 0.865 e. The molecule has 1 aliphatic rings. The largest absolute Gasteiger partial charge is 2.00 e. The third-order valence-electron chi connectivity index (χ3n) is 1.62. The van der Waals surface area contributed by atoms with Gasteiger partial charge in [0, 0.05) is 12.3 Å². The summed E-state index contributed by atoms with van der Waals surface area (Å²) in [6.07, 6.45) is -2.88. The van der Waals surface area contributed by atoms with Crippen molar-refractivity contribution in [3.8, 4) is 0 Å². The predicted octanol–water partition coefficient (Wildman–Crippen LogP) is -4.91. The van der Waals surface area contributed by atoms with Crippen LogP contribution in [0.25, 0.3) is 0 Å². The molecule has 0 bridgehead atoms. The fourth-order valence-electron chi connectivity index (χ4n) is 0.815. The van der Waals surface area contributed by atoms with Crippen LogP contribution in [0.5, 0.6) is 0 Å². The molecule has 1 aliphatic heterocycles. The molecule has 0 aliphatic carbocycles. The normalized spacial score (nSPS) is 19.3. The van der Waals surface area contributed by atoms with Gasteiger partial charge in [0.05, 0.1) is 12.6 Å². The average Bonchev–Trinajstić information content (AvgIpc) is 2.56. The molecule has 0 unspecified atom stereocenters. The minimum absolute atomic E-state index is 0. The third kappa shape index (κ3) is 5.41. The van der Waals surface area contributed by atoms with E-state index < -0.39 is 42.3 Å². The number of aliphatic hydroxyl groups excluding tert-OH is 3. The van der Waals surface area contributed by atoms with E-state index in [1.54, 1.807) is 0 Å². The number of aliphatic carboxylic acids is 1. The Hall–Kier alpha value is -1.22. The van der Waals surface area contributed by atoms with Crippen LogP contribution >= 0.6 is 0 Å². The van der Waals surface area contributed by atoms with Gasteiger partial charge in [0.15, 0.2) is 6.10 Å². The number of nitrogens with two attached hydrogens (primary N) is 1. The van der Waals surface area contributed by atoms with Gasteiger partial charge in [0.1, 0.15) is 11.9 Å². The zero-order valence-corrected chi connectivity index (χ0v) is 12.2. The number of carbonyl (C=O) groups is 2. The molecule has 9 nitrogen and oxygen atoms in total. The predicted molar refractivity (Wildman–Crippen MR) is 46.7 cm³/mol. The summed E-state index contributed by atoms with van der Waals surface area (Å²) in [5, 5.41) is 45.9. The summed E-state index contributed by atoms with van der Waals surface area (Å²) in [6, 6.07) is 0. The summed E-state index contributed by atoms with van der Waals surface area (Å²) >= 11 is 0. The van der Waals surface area contributed by atoms with Gasteiger partial charge in [0.25, 0.3) is 0 Å². The number of carboxylic acid groups (broad SMARTS) is 1. The van der Waals surface area contributed by atoms with Crippen molar-refractivity contribution < 1.29 is 59.3 Å². The zero-order chi connectivity index (χ0) is 13.6. The molecular formula is C8H11NO8Zn. The Morgan fingerprint density at radius 3 is 2.22 bits per heavy atom. The molecular weight excluding hydrogens is 303 g/mol.